The van der Waals surface area contributed by atoms with Gasteiger partial charge >= 0.3 is 0 Å². The maximum Gasteiger partial charge on any atom is 0.166 e. The predicted molar refractivity (Wildman–Crippen MR) is 76.1 cm³/mol. The lowest BCUT2D eigenvalue weighted by molar-refractivity contribution is 0.462. The monoisotopic (exact) mass is 264 g/mol. The van der Waals surface area contributed by atoms with Crippen LogP contribution in [0.15, 0.2) is 18.2 Å². The van der Waals surface area contributed by atoms with Gasteiger partial charge in [0.25, 0.3) is 0 Å². The van der Waals surface area contributed by atoms with Crippen molar-refractivity contribution in [2.75, 3.05) is 0 Å². The van der Waals surface area contributed by atoms with E-state index in [2.05, 4.69) is 13.0 Å². The van der Waals surface area contributed by atoms with Crippen LogP contribution >= 0.6 is 0 Å². The number of benzene rings is 1. The molecule has 1 aromatic rings. The smallest absolute Gasteiger partial charge is 0.166 e. The number of hydrogen-bond donors (Lipinski definition) is 0. The van der Waals surface area contributed by atoms with E-state index in [0.717, 1.165) is 24.8 Å². The summed E-state index contributed by atoms with van der Waals surface area (Å²) in [6.45, 7) is 7.87. The zero-order chi connectivity index (χ0) is 14.2. The van der Waals surface area contributed by atoms with Gasteiger partial charge in [-0.1, -0.05) is 45.9 Å². The Hall–Kier alpha value is -1.18. The van der Waals surface area contributed by atoms with Crippen molar-refractivity contribution in [1.82, 2.24) is 0 Å². The minimum atomic E-state index is -0.690. The highest BCUT2D eigenvalue weighted by Crippen LogP contribution is 2.34. The Kier molecular flexibility index (Phi) is 3.80. The van der Waals surface area contributed by atoms with Gasteiger partial charge in [-0.05, 0) is 41.7 Å². The second-order valence-corrected chi connectivity index (χ2v) is 6.65. The second-order valence-electron chi connectivity index (χ2n) is 6.65. The summed E-state index contributed by atoms with van der Waals surface area (Å²) < 4.78 is 28.4. The molecule has 1 aromatic carbocycles. The normalized spacial score (nSPS) is 20.3. The first-order chi connectivity index (χ1) is 8.80. The van der Waals surface area contributed by atoms with E-state index in [-0.39, 0.29) is 5.41 Å². The van der Waals surface area contributed by atoms with Crippen molar-refractivity contribution in [2.45, 2.75) is 52.4 Å². The summed E-state index contributed by atoms with van der Waals surface area (Å²) in [5.41, 5.74) is 1.46. The van der Waals surface area contributed by atoms with Crippen LogP contribution in [0.25, 0.3) is 5.57 Å². The molecular weight excluding hydrogens is 242 g/mol. The van der Waals surface area contributed by atoms with Crippen LogP contribution in [0.2, 0.25) is 0 Å². The van der Waals surface area contributed by atoms with Crippen molar-refractivity contribution in [1.29, 1.82) is 0 Å². The average Bonchev–Trinajstić information content (AvgIpc) is 2.32. The molecule has 0 bridgehead atoms. The molecule has 0 radical (unpaired) electrons. The van der Waals surface area contributed by atoms with Crippen molar-refractivity contribution in [3.8, 4) is 0 Å². The zero-order valence-electron chi connectivity index (χ0n) is 12.2. The maximum absolute atomic E-state index is 14.3. The van der Waals surface area contributed by atoms with Crippen LogP contribution in [0, 0.1) is 17.6 Å². The van der Waals surface area contributed by atoms with Gasteiger partial charge in [0.05, 0.1) is 0 Å². The lowest BCUT2D eigenvalue weighted by atomic mass is 9.83. The molecule has 2 heteroatoms. The van der Waals surface area contributed by atoms with Crippen molar-refractivity contribution in [2.24, 2.45) is 5.92 Å². The van der Waals surface area contributed by atoms with Crippen molar-refractivity contribution >= 4 is 5.57 Å². The minimum absolute atomic E-state index is 0.376. The van der Waals surface area contributed by atoms with E-state index in [1.807, 2.05) is 20.8 Å². The summed E-state index contributed by atoms with van der Waals surface area (Å²) in [6.07, 6.45) is 4.90. The molecule has 0 N–H and O–H groups in total. The molecule has 0 amide bonds. The molecule has 0 saturated heterocycles. The Morgan fingerprint density at radius 1 is 1.11 bits per heavy atom. The SMILES string of the molecule is CC1CC=C(c2ccc(C(C)(C)C)c(F)c2F)CC1. The molecule has 0 nitrogen and oxygen atoms in total. The first-order valence-electron chi connectivity index (χ1n) is 6.98. The molecular formula is C17H22F2. The van der Waals surface area contributed by atoms with Crippen LogP contribution in [0.3, 0.4) is 0 Å². The Balaban J connectivity index is 2.42. The van der Waals surface area contributed by atoms with Gasteiger partial charge in [-0.3, -0.25) is 0 Å². The molecule has 104 valence electrons. The molecule has 19 heavy (non-hydrogen) atoms. The summed E-state index contributed by atoms with van der Waals surface area (Å²) in [4.78, 5) is 0. The van der Waals surface area contributed by atoms with E-state index in [9.17, 15) is 8.78 Å². The lowest BCUT2D eigenvalue weighted by Crippen LogP contribution is -2.15. The fourth-order valence-electron chi connectivity index (χ4n) is 2.59. The summed E-state index contributed by atoms with van der Waals surface area (Å²) in [7, 11) is 0. The second kappa shape index (κ2) is 5.07. The first kappa shape index (κ1) is 14.2. The van der Waals surface area contributed by atoms with E-state index < -0.39 is 11.6 Å². The van der Waals surface area contributed by atoms with Gasteiger partial charge in [-0.2, -0.15) is 0 Å². The van der Waals surface area contributed by atoms with Crippen LogP contribution in [0.5, 0.6) is 0 Å². The highest BCUT2D eigenvalue weighted by molar-refractivity contribution is 5.67. The molecule has 0 spiro atoms. The van der Waals surface area contributed by atoms with E-state index in [1.165, 1.54) is 0 Å². The quantitative estimate of drug-likeness (QED) is 0.631. The molecule has 2 rings (SSSR count). The minimum Gasteiger partial charge on any atom is -0.203 e. The number of allylic oxidation sites excluding steroid dienone is 2. The maximum atomic E-state index is 14.3. The van der Waals surface area contributed by atoms with E-state index >= 15 is 0 Å². The van der Waals surface area contributed by atoms with E-state index in [4.69, 9.17) is 0 Å². The van der Waals surface area contributed by atoms with Crippen LogP contribution in [0.4, 0.5) is 8.78 Å². The van der Waals surface area contributed by atoms with Gasteiger partial charge in [0, 0.05) is 5.56 Å². The van der Waals surface area contributed by atoms with Gasteiger partial charge in [-0.15, -0.1) is 0 Å². The molecule has 0 aliphatic heterocycles. The third-order valence-electron chi connectivity index (χ3n) is 3.91. The number of hydrogen-bond acceptors (Lipinski definition) is 0. The van der Waals surface area contributed by atoms with Gasteiger partial charge in [0.2, 0.25) is 0 Å². The molecule has 0 saturated carbocycles. The highest BCUT2D eigenvalue weighted by atomic mass is 19.2. The molecule has 1 aliphatic carbocycles. The zero-order valence-corrected chi connectivity index (χ0v) is 12.2. The predicted octanol–water partition coefficient (Wildman–Crippen LogP) is 5.47. The average molecular weight is 264 g/mol. The lowest BCUT2D eigenvalue weighted by Gasteiger charge is -2.23. The first-order valence-corrected chi connectivity index (χ1v) is 6.98. The Bertz CT molecular complexity index is 507. The highest BCUT2D eigenvalue weighted by Gasteiger charge is 2.24. The van der Waals surface area contributed by atoms with Gasteiger partial charge in [0.15, 0.2) is 11.6 Å². The van der Waals surface area contributed by atoms with Crippen LogP contribution in [0.1, 0.15) is 58.1 Å². The third-order valence-corrected chi connectivity index (χ3v) is 3.91. The van der Waals surface area contributed by atoms with E-state index in [1.54, 1.807) is 12.1 Å². The molecule has 1 unspecified atom stereocenters. The summed E-state index contributed by atoms with van der Waals surface area (Å²) in [5, 5.41) is 0. The Morgan fingerprint density at radius 2 is 1.79 bits per heavy atom. The topological polar surface area (TPSA) is 0 Å². The molecule has 1 atom stereocenters. The summed E-state index contributed by atoms with van der Waals surface area (Å²) in [5.74, 6) is -0.733. The molecule has 0 fully saturated rings. The van der Waals surface area contributed by atoms with Crippen LogP contribution < -0.4 is 0 Å². The molecule has 0 aromatic heterocycles. The Labute approximate surface area is 114 Å². The molecule has 0 heterocycles. The van der Waals surface area contributed by atoms with Crippen molar-refractivity contribution in [3.63, 3.8) is 0 Å². The standard InChI is InChI=1S/C17H22F2/c1-11-5-7-12(8-6-11)13-9-10-14(17(2,3)4)16(19)15(13)18/h7,9-11H,5-6,8H2,1-4H3. The summed E-state index contributed by atoms with van der Waals surface area (Å²) in [6, 6.07) is 3.47. The number of rotatable bonds is 1. The fraction of sp³-hybridized carbons (Fsp3) is 0.529. The Morgan fingerprint density at radius 3 is 2.32 bits per heavy atom. The summed E-state index contributed by atoms with van der Waals surface area (Å²) >= 11 is 0. The molecule has 1 aliphatic rings. The third kappa shape index (κ3) is 2.88. The fourth-order valence-corrected chi connectivity index (χ4v) is 2.59. The van der Waals surface area contributed by atoms with Gasteiger partial charge in [0.1, 0.15) is 0 Å². The largest absolute Gasteiger partial charge is 0.203 e. The van der Waals surface area contributed by atoms with Crippen molar-refractivity contribution < 1.29 is 8.78 Å². The van der Waals surface area contributed by atoms with Gasteiger partial charge < -0.3 is 0 Å². The van der Waals surface area contributed by atoms with Gasteiger partial charge in [-0.25, -0.2) is 8.78 Å². The van der Waals surface area contributed by atoms with Crippen LogP contribution in [-0.2, 0) is 5.41 Å². The number of halogens is 2. The van der Waals surface area contributed by atoms with Crippen LogP contribution in [-0.4, -0.2) is 0 Å². The van der Waals surface area contributed by atoms with Crippen molar-refractivity contribution in [3.05, 3.63) is 41.0 Å². The van der Waals surface area contributed by atoms with E-state index in [0.29, 0.717) is 17.0 Å².